The Morgan fingerprint density at radius 2 is 2.21 bits per heavy atom. The van der Waals surface area contributed by atoms with Gasteiger partial charge in [-0.25, -0.2) is 0 Å². The number of fused-ring (bicyclic) bond motifs is 1. The topological polar surface area (TPSA) is 77.4 Å². The number of aromatic amines is 1. The third-order valence-corrected chi connectivity index (χ3v) is 2.99. The molecule has 2 N–H and O–H groups in total. The van der Waals surface area contributed by atoms with Crippen LogP contribution in [0, 0.1) is 11.3 Å². The molecule has 0 spiro atoms. The zero-order valence-electron chi connectivity index (χ0n) is 9.68. The van der Waals surface area contributed by atoms with Crippen LogP contribution >= 0.6 is 11.6 Å². The maximum Gasteiger partial charge on any atom is 0.178 e. The van der Waals surface area contributed by atoms with Crippen molar-refractivity contribution in [3.63, 3.8) is 0 Å². The maximum absolute atomic E-state index is 8.83. The van der Waals surface area contributed by atoms with Crippen molar-refractivity contribution >= 4 is 34.1 Å². The maximum atomic E-state index is 8.83. The van der Waals surface area contributed by atoms with Crippen molar-refractivity contribution in [2.24, 2.45) is 0 Å². The van der Waals surface area contributed by atoms with Crippen LogP contribution in [0.1, 0.15) is 5.56 Å². The molecule has 2 aromatic heterocycles. The summed E-state index contributed by atoms with van der Waals surface area (Å²) in [6, 6.07) is 10.9. The SMILES string of the molecule is N#Cc1ccc(Nc2n[nH]c3cccnc23)cc1Cl. The zero-order valence-corrected chi connectivity index (χ0v) is 10.4. The zero-order chi connectivity index (χ0) is 13.2. The van der Waals surface area contributed by atoms with Gasteiger partial charge >= 0.3 is 0 Å². The van der Waals surface area contributed by atoms with Crippen molar-refractivity contribution in [2.45, 2.75) is 0 Å². The molecule has 0 aliphatic heterocycles. The van der Waals surface area contributed by atoms with E-state index in [-0.39, 0.29) is 0 Å². The van der Waals surface area contributed by atoms with Crippen LogP contribution in [0.5, 0.6) is 0 Å². The number of nitrogens with one attached hydrogen (secondary N) is 2. The summed E-state index contributed by atoms with van der Waals surface area (Å²) in [5.41, 5.74) is 2.80. The Morgan fingerprint density at radius 1 is 1.32 bits per heavy atom. The molecule has 0 aliphatic carbocycles. The molecule has 92 valence electrons. The highest BCUT2D eigenvalue weighted by molar-refractivity contribution is 6.32. The van der Waals surface area contributed by atoms with Crippen molar-refractivity contribution in [1.29, 1.82) is 5.26 Å². The van der Waals surface area contributed by atoms with Gasteiger partial charge in [0.25, 0.3) is 0 Å². The first kappa shape index (κ1) is 11.5. The number of hydrogen-bond acceptors (Lipinski definition) is 4. The van der Waals surface area contributed by atoms with Gasteiger partial charge in [-0.15, -0.1) is 0 Å². The predicted molar refractivity (Wildman–Crippen MR) is 73.3 cm³/mol. The number of nitrogens with zero attached hydrogens (tertiary/aromatic N) is 3. The average Bonchev–Trinajstić information content (AvgIpc) is 2.83. The minimum absolute atomic E-state index is 0.403. The Labute approximate surface area is 113 Å². The van der Waals surface area contributed by atoms with E-state index in [4.69, 9.17) is 16.9 Å². The van der Waals surface area contributed by atoms with E-state index in [1.54, 1.807) is 24.4 Å². The van der Waals surface area contributed by atoms with Crippen LogP contribution < -0.4 is 5.32 Å². The van der Waals surface area contributed by atoms with Gasteiger partial charge in [0, 0.05) is 11.9 Å². The second-order valence-corrected chi connectivity index (χ2v) is 4.31. The standard InChI is InChI=1S/C13H8ClN5/c14-10-6-9(4-3-8(10)7-15)17-13-12-11(18-19-13)2-1-5-16-12/h1-6H,(H2,17,18,19). The van der Waals surface area contributed by atoms with E-state index in [1.807, 2.05) is 18.2 Å². The predicted octanol–water partition coefficient (Wildman–Crippen LogP) is 3.23. The lowest BCUT2D eigenvalue weighted by Crippen LogP contribution is -1.92. The van der Waals surface area contributed by atoms with Crippen LogP contribution in [-0.4, -0.2) is 15.2 Å². The molecule has 0 aliphatic rings. The van der Waals surface area contributed by atoms with Gasteiger partial charge in [-0.2, -0.15) is 10.4 Å². The van der Waals surface area contributed by atoms with Crippen LogP contribution in [0.4, 0.5) is 11.5 Å². The van der Waals surface area contributed by atoms with Crippen molar-refractivity contribution in [2.75, 3.05) is 5.32 Å². The molecule has 5 nitrogen and oxygen atoms in total. The summed E-state index contributed by atoms with van der Waals surface area (Å²) in [5.74, 6) is 0.622. The Hall–Kier alpha value is -2.58. The van der Waals surface area contributed by atoms with E-state index in [2.05, 4.69) is 20.5 Å². The first-order chi connectivity index (χ1) is 9.28. The lowest BCUT2D eigenvalue weighted by molar-refractivity contribution is 1.12. The molecule has 19 heavy (non-hydrogen) atoms. The minimum atomic E-state index is 0.403. The molecular formula is C13H8ClN5. The summed E-state index contributed by atoms with van der Waals surface area (Å²) in [7, 11) is 0. The van der Waals surface area contributed by atoms with E-state index in [0.29, 0.717) is 16.4 Å². The number of H-pyrrole nitrogens is 1. The van der Waals surface area contributed by atoms with Gasteiger partial charge in [0.2, 0.25) is 0 Å². The number of anilines is 2. The molecule has 6 heteroatoms. The Kier molecular flexibility index (Phi) is 2.78. The molecule has 0 saturated heterocycles. The smallest absolute Gasteiger partial charge is 0.178 e. The van der Waals surface area contributed by atoms with Crippen molar-refractivity contribution in [3.05, 3.63) is 47.1 Å². The summed E-state index contributed by atoms with van der Waals surface area (Å²) < 4.78 is 0. The van der Waals surface area contributed by atoms with Gasteiger partial charge in [0.05, 0.1) is 16.1 Å². The molecule has 1 aromatic carbocycles. The Morgan fingerprint density at radius 3 is 3.00 bits per heavy atom. The molecule has 0 saturated carbocycles. The van der Waals surface area contributed by atoms with Crippen molar-refractivity contribution in [3.8, 4) is 6.07 Å². The van der Waals surface area contributed by atoms with E-state index in [9.17, 15) is 0 Å². The van der Waals surface area contributed by atoms with Crippen LogP contribution in [0.15, 0.2) is 36.5 Å². The molecular weight excluding hydrogens is 262 g/mol. The fourth-order valence-corrected chi connectivity index (χ4v) is 1.98. The minimum Gasteiger partial charge on any atom is -0.337 e. The lowest BCUT2D eigenvalue weighted by atomic mass is 10.2. The number of pyridine rings is 1. The average molecular weight is 270 g/mol. The van der Waals surface area contributed by atoms with E-state index >= 15 is 0 Å². The molecule has 3 aromatic rings. The summed E-state index contributed by atoms with van der Waals surface area (Å²) in [6.45, 7) is 0. The van der Waals surface area contributed by atoms with Gasteiger partial charge < -0.3 is 5.32 Å². The van der Waals surface area contributed by atoms with Crippen LogP contribution in [0.3, 0.4) is 0 Å². The highest BCUT2D eigenvalue weighted by atomic mass is 35.5. The monoisotopic (exact) mass is 269 g/mol. The Bertz CT molecular complexity index is 787. The van der Waals surface area contributed by atoms with E-state index in [1.165, 1.54) is 0 Å². The fraction of sp³-hybridized carbons (Fsp3) is 0. The number of halogens is 1. The van der Waals surface area contributed by atoms with Gasteiger partial charge in [0.1, 0.15) is 11.6 Å². The molecule has 0 bridgehead atoms. The summed E-state index contributed by atoms with van der Waals surface area (Å²) in [4.78, 5) is 4.25. The molecule has 0 fully saturated rings. The quantitative estimate of drug-likeness (QED) is 0.749. The number of hydrogen-bond donors (Lipinski definition) is 2. The molecule has 0 atom stereocenters. The third-order valence-electron chi connectivity index (χ3n) is 2.67. The van der Waals surface area contributed by atoms with Gasteiger partial charge in [-0.05, 0) is 30.3 Å². The molecule has 0 amide bonds. The molecule has 0 unspecified atom stereocenters. The molecule has 3 rings (SSSR count). The van der Waals surface area contributed by atoms with Crippen LogP contribution in [-0.2, 0) is 0 Å². The highest BCUT2D eigenvalue weighted by Crippen LogP contribution is 2.25. The Balaban J connectivity index is 1.97. The summed E-state index contributed by atoms with van der Waals surface area (Å²) in [6.07, 6.45) is 1.70. The van der Waals surface area contributed by atoms with E-state index < -0.39 is 0 Å². The van der Waals surface area contributed by atoms with Crippen LogP contribution in [0.25, 0.3) is 11.0 Å². The van der Waals surface area contributed by atoms with Crippen molar-refractivity contribution < 1.29 is 0 Å². The first-order valence-corrected chi connectivity index (χ1v) is 5.91. The highest BCUT2D eigenvalue weighted by Gasteiger charge is 2.07. The normalized spacial score (nSPS) is 10.3. The first-order valence-electron chi connectivity index (χ1n) is 5.53. The number of aromatic nitrogens is 3. The molecule has 2 heterocycles. The lowest BCUT2D eigenvalue weighted by Gasteiger charge is -2.04. The number of rotatable bonds is 2. The number of nitriles is 1. The fourth-order valence-electron chi connectivity index (χ4n) is 1.76. The van der Waals surface area contributed by atoms with E-state index in [0.717, 1.165) is 16.7 Å². The van der Waals surface area contributed by atoms with Crippen molar-refractivity contribution in [1.82, 2.24) is 15.2 Å². The second kappa shape index (κ2) is 4.59. The largest absolute Gasteiger partial charge is 0.337 e. The second-order valence-electron chi connectivity index (χ2n) is 3.90. The summed E-state index contributed by atoms with van der Waals surface area (Å²) in [5, 5.41) is 19.4. The van der Waals surface area contributed by atoms with Crippen LogP contribution in [0.2, 0.25) is 5.02 Å². The summed E-state index contributed by atoms with van der Waals surface area (Å²) >= 11 is 5.98. The molecule has 0 radical (unpaired) electrons. The number of benzene rings is 1. The van der Waals surface area contributed by atoms with Gasteiger partial charge in [-0.3, -0.25) is 10.1 Å². The third kappa shape index (κ3) is 2.09. The van der Waals surface area contributed by atoms with Gasteiger partial charge in [-0.1, -0.05) is 11.6 Å². The van der Waals surface area contributed by atoms with Gasteiger partial charge in [0.15, 0.2) is 5.82 Å².